The number of rotatable bonds is 4. The lowest BCUT2D eigenvalue weighted by Gasteiger charge is -2.20. The van der Waals surface area contributed by atoms with E-state index in [1.54, 1.807) is 16.4 Å². The first-order valence-electron chi connectivity index (χ1n) is 7.90. The standard InChI is InChI=1S/C17H25NO2SSi/c1-14-5-7-16(8-6-14)21(19,20)18-12-15-11-17(15,13-18)9-10-22(2,3)4/h5-10,15H,11-13H2,1-4H3/b10-9-. The van der Waals surface area contributed by atoms with E-state index in [1.807, 2.05) is 19.1 Å². The van der Waals surface area contributed by atoms with Gasteiger partial charge in [-0.3, -0.25) is 0 Å². The fraction of sp³-hybridized carbons (Fsp3) is 0.529. The Kier molecular flexibility index (Phi) is 3.66. The van der Waals surface area contributed by atoms with Crippen LogP contribution >= 0.6 is 0 Å². The molecule has 1 heterocycles. The van der Waals surface area contributed by atoms with Gasteiger partial charge in [-0.25, -0.2) is 8.42 Å². The largest absolute Gasteiger partial charge is 0.243 e. The Morgan fingerprint density at radius 2 is 1.86 bits per heavy atom. The molecule has 1 saturated carbocycles. The van der Waals surface area contributed by atoms with E-state index < -0.39 is 18.1 Å². The molecule has 1 aliphatic carbocycles. The lowest BCUT2D eigenvalue weighted by Crippen LogP contribution is -2.31. The van der Waals surface area contributed by atoms with Gasteiger partial charge < -0.3 is 0 Å². The fourth-order valence-electron chi connectivity index (χ4n) is 3.19. The SMILES string of the molecule is Cc1ccc(S(=O)(=O)N2CC3CC3(/C=C\[Si](C)(C)C)C2)cc1. The van der Waals surface area contributed by atoms with Crippen LogP contribution in [0.4, 0.5) is 0 Å². The third kappa shape index (κ3) is 2.94. The highest BCUT2D eigenvalue weighted by Crippen LogP contribution is 2.59. The van der Waals surface area contributed by atoms with Crippen LogP contribution in [0.5, 0.6) is 0 Å². The zero-order valence-corrected chi connectivity index (χ0v) is 15.7. The van der Waals surface area contributed by atoms with Crippen LogP contribution in [-0.2, 0) is 10.0 Å². The summed E-state index contributed by atoms with van der Waals surface area (Å²) in [6, 6.07) is 7.17. The molecule has 0 amide bonds. The van der Waals surface area contributed by atoms with E-state index in [0.717, 1.165) is 12.0 Å². The predicted molar refractivity (Wildman–Crippen MR) is 93.0 cm³/mol. The summed E-state index contributed by atoms with van der Waals surface area (Å²) in [6.07, 6.45) is 3.47. The molecule has 5 heteroatoms. The van der Waals surface area contributed by atoms with Gasteiger partial charge in [-0.15, -0.1) is 0 Å². The highest BCUT2D eigenvalue weighted by molar-refractivity contribution is 7.89. The highest BCUT2D eigenvalue weighted by atomic mass is 32.2. The molecule has 2 atom stereocenters. The van der Waals surface area contributed by atoms with E-state index >= 15 is 0 Å². The lowest BCUT2D eigenvalue weighted by molar-refractivity contribution is 0.427. The van der Waals surface area contributed by atoms with Gasteiger partial charge in [0, 0.05) is 18.5 Å². The van der Waals surface area contributed by atoms with Crippen molar-refractivity contribution in [3.05, 3.63) is 41.6 Å². The van der Waals surface area contributed by atoms with Gasteiger partial charge in [0.2, 0.25) is 10.0 Å². The van der Waals surface area contributed by atoms with E-state index in [0.29, 0.717) is 23.9 Å². The van der Waals surface area contributed by atoms with Crippen molar-refractivity contribution in [2.45, 2.75) is 37.9 Å². The maximum Gasteiger partial charge on any atom is 0.243 e. The second-order valence-corrected chi connectivity index (χ2v) is 14.9. The monoisotopic (exact) mass is 335 g/mol. The van der Waals surface area contributed by atoms with Gasteiger partial charge in [0.15, 0.2) is 0 Å². The molecule has 1 aliphatic heterocycles. The van der Waals surface area contributed by atoms with E-state index in [-0.39, 0.29) is 5.41 Å². The van der Waals surface area contributed by atoms with Gasteiger partial charge in [-0.1, -0.05) is 49.1 Å². The highest BCUT2D eigenvalue weighted by Gasteiger charge is 2.60. The first kappa shape index (κ1) is 16.0. The Morgan fingerprint density at radius 3 is 2.45 bits per heavy atom. The molecule has 2 unspecified atom stereocenters. The van der Waals surface area contributed by atoms with Crippen molar-refractivity contribution >= 4 is 18.1 Å². The van der Waals surface area contributed by atoms with Crippen molar-refractivity contribution < 1.29 is 8.42 Å². The summed E-state index contributed by atoms with van der Waals surface area (Å²) >= 11 is 0. The Labute approximate surface area is 135 Å². The molecule has 0 radical (unpaired) electrons. The molecule has 0 bridgehead atoms. The third-order valence-electron chi connectivity index (χ3n) is 4.75. The summed E-state index contributed by atoms with van der Waals surface area (Å²) in [5, 5.41) is 0. The van der Waals surface area contributed by atoms with Crippen molar-refractivity contribution in [3.8, 4) is 0 Å². The number of hydrogen-bond acceptors (Lipinski definition) is 2. The summed E-state index contributed by atoms with van der Waals surface area (Å²) in [7, 11) is -4.57. The number of piperidine rings is 1. The predicted octanol–water partition coefficient (Wildman–Crippen LogP) is 3.44. The molecule has 22 heavy (non-hydrogen) atoms. The van der Waals surface area contributed by atoms with Gasteiger partial charge in [0.1, 0.15) is 0 Å². The molecule has 2 aliphatic rings. The van der Waals surface area contributed by atoms with E-state index in [2.05, 4.69) is 31.4 Å². The van der Waals surface area contributed by atoms with Crippen LogP contribution in [0.3, 0.4) is 0 Å². The zero-order valence-electron chi connectivity index (χ0n) is 13.8. The smallest absolute Gasteiger partial charge is 0.207 e. The minimum Gasteiger partial charge on any atom is -0.207 e. The Hall–Kier alpha value is -0.913. The summed E-state index contributed by atoms with van der Waals surface area (Å²) in [5.41, 5.74) is 3.57. The number of hydrogen-bond donors (Lipinski definition) is 0. The molecule has 120 valence electrons. The molecule has 1 saturated heterocycles. The van der Waals surface area contributed by atoms with Crippen molar-refractivity contribution in [3.63, 3.8) is 0 Å². The maximum atomic E-state index is 12.8. The molecular weight excluding hydrogens is 310 g/mol. The number of benzene rings is 1. The minimum atomic E-state index is -3.34. The minimum absolute atomic E-state index is 0.123. The third-order valence-corrected chi connectivity index (χ3v) is 7.74. The van der Waals surface area contributed by atoms with Crippen LogP contribution in [-0.4, -0.2) is 33.9 Å². The second-order valence-electron chi connectivity index (χ2n) is 7.94. The molecule has 1 aromatic rings. The molecular formula is C17H25NO2SSi. The van der Waals surface area contributed by atoms with Crippen LogP contribution in [0.15, 0.2) is 40.9 Å². The Morgan fingerprint density at radius 1 is 1.23 bits per heavy atom. The van der Waals surface area contributed by atoms with Crippen molar-refractivity contribution in [1.29, 1.82) is 0 Å². The van der Waals surface area contributed by atoms with Crippen molar-refractivity contribution in [2.24, 2.45) is 11.3 Å². The quantitative estimate of drug-likeness (QED) is 0.791. The average molecular weight is 336 g/mol. The first-order valence-corrected chi connectivity index (χ1v) is 12.9. The first-order chi connectivity index (χ1) is 10.1. The van der Waals surface area contributed by atoms with Crippen molar-refractivity contribution in [2.75, 3.05) is 13.1 Å². The van der Waals surface area contributed by atoms with E-state index in [9.17, 15) is 8.42 Å². The van der Waals surface area contributed by atoms with Crippen LogP contribution < -0.4 is 0 Å². The normalized spacial score (nSPS) is 29.0. The number of sulfonamides is 1. The molecule has 2 fully saturated rings. The van der Waals surface area contributed by atoms with Gasteiger partial charge in [0.05, 0.1) is 13.0 Å². The topological polar surface area (TPSA) is 37.4 Å². The van der Waals surface area contributed by atoms with Crippen LogP contribution in [0.1, 0.15) is 12.0 Å². The second kappa shape index (κ2) is 5.04. The summed E-state index contributed by atoms with van der Waals surface area (Å²) in [5.74, 6) is 0.514. The molecule has 1 aromatic carbocycles. The number of aryl methyl sites for hydroxylation is 1. The Balaban J connectivity index is 1.79. The number of fused-ring (bicyclic) bond motifs is 1. The van der Waals surface area contributed by atoms with Crippen LogP contribution in [0, 0.1) is 18.3 Å². The average Bonchev–Trinajstić information content (AvgIpc) is 2.98. The fourth-order valence-corrected chi connectivity index (χ4v) is 5.59. The molecule has 3 rings (SSSR count). The molecule has 0 aromatic heterocycles. The van der Waals surface area contributed by atoms with E-state index in [1.165, 1.54) is 0 Å². The van der Waals surface area contributed by atoms with Gasteiger partial charge in [-0.05, 0) is 31.4 Å². The van der Waals surface area contributed by atoms with Crippen LogP contribution in [0.2, 0.25) is 19.6 Å². The summed E-state index contributed by atoms with van der Waals surface area (Å²) in [4.78, 5) is 0.420. The van der Waals surface area contributed by atoms with Crippen molar-refractivity contribution in [1.82, 2.24) is 4.31 Å². The van der Waals surface area contributed by atoms with Gasteiger partial charge >= 0.3 is 0 Å². The number of nitrogens with zero attached hydrogens (tertiary/aromatic N) is 1. The lowest BCUT2D eigenvalue weighted by atomic mass is 10.1. The van der Waals surface area contributed by atoms with Crippen LogP contribution in [0.25, 0.3) is 0 Å². The van der Waals surface area contributed by atoms with Gasteiger partial charge in [0.25, 0.3) is 0 Å². The summed E-state index contributed by atoms with van der Waals surface area (Å²) < 4.78 is 27.2. The van der Waals surface area contributed by atoms with Gasteiger partial charge in [-0.2, -0.15) is 4.31 Å². The van der Waals surface area contributed by atoms with E-state index in [4.69, 9.17) is 0 Å². The zero-order chi connectivity index (χ0) is 16.2. The maximum absolute atomic E-state index is 12.8. The molecule has 0 spiro atoms. The molecule has 0 N–H and O–H groups in total. The Bertz CT molecular complexity index is 703. The molecule has 3 nitrogen and oxygen atoms in total. The summed E-state index contributed by atoms with van der Waals surface area (Å²) in [6.45, 7) is 10.2.